The largest absolute Gasteiger partial charge is 0.384 e. The van der Waals surface area contributed by atoms with Gasteiger partial charge in [-0.15, -0.1) is 0 Å². The van der Waals surface area contributed by atoms with Gasteiger partial charge >= 0.3 is 0 Å². The highest BCUT2D eigenvalue weighted by Gasteiger charge is 2.25. The van der Waals surface area contributed by atoms with Gasteiger partial charge in [-0.3, -0.25) is 0 Å². The van der Waals surface area contributed by atoms with Crippen LogP contribution in [0.25, 0.3) is 11.1 Å². The molecule has 0 amide bonds. The first-order valence-electron chi connectivity index (χ1n) is 9.25. The van der Waals surface area contributed by atoms with Crippen molar-refractivity contribution in [2.24, 2.45) is 0 Å². The fourth-order valence-electron chi connectivity index (χ4n) is 2.97. The van der Waals surface area contributed by atoms with Crippen LogP contribution in [0, 0.1) is 0 Å². The molecule has 3 rings (SSSR count). The lowest BCUT2D eigenvalue weighted by atomic mass is 9.94. The lowest BCUT2D eigenvalue weighted by Crippen LogP contribution is -2.39. The Bertz CT molecular complexity index is 983. The molecule has 0 bridgehead atoms. The molecule has 0 aromatic heterocycles. The zero-order valence-electron chi connectivity index (χ0n) is 15.9. The Hall–Kier alpha value is -2.47. The minimum Gasteiger partial charge on any atom is -0.384 e. The number of hydrogen-bond acceptors (Lipinski definition) is 3. The van der Waals surface area contributed by atoms with Crippen LogP contribution >= 0.6 is 0 Å². The lowest BCUT2D eigenvalue weighted by Gasteiger charge is -2.24. The van der Waals surface area contributed by atoms with Crippen LogP contribution in [0.5, 0.6) is 0 Å². The minimum absolute atomic E-state index is 0.0139. The summed E-state index contributed by atoms with van der Waals surface area (Å²) < 4.78 is 27.1. The first-order valence-corrected chi connectivity index (χ1v) is 10.9. The molecule has 0 saturated heterocycles. The fraction of sp³-hybridized carbons (Fsp3) is 0.217. The summed E-state index contributed by atoms with van der Waals surface area (Å²) in [6.45, 7) is 1.54. The predicted octanol–water partition coefficient (Wildman–Crippen LogP) is 3.72. The van der Waals surface area contributed by atoms with Gasteiger partial charge in [0.2, 0.25) is 10.0 Å². The van der Waals surface area contributed by atoms with Gasteiger partial charge in [-0.05, 0) is 35.6 Å². The average Bonchev–Trinajstić information content (AvgIpc) is 2.73. The van der Waals surface area contributed by atoms with E-state index >= 15 is 0 Å². The normalized spacial score (nSPS) is 13.8. The van der Waals surface area contributed by atoms with E-state index in [1.807, 2.05) is 84.9 Å². The number of aryl methyl sites for hydroxylation is 1. The maximum absolute atomic E-state index is 12.3. The highest BCUT2D eigenvalue weighted by molar-refractivity contribution is 7.89. The maximum Gasteiger partial charge on any atom is 0.212 e. The molecule has 3 aromatic rings. The summed E-state index contributed by atoms with van der Waals surface area (Å²) in [6, 6.07) is 27.0. The molecule has 28 heavy (non-hydrogen) atoms. The van der Waals surface area contributed by atoms with E-state index in [4.69, 9.17) is 0 Å². The second-order valence-corrected chi connectivity index (χ2v) is 9.02. The zero-order valence-corrected chi connectivity index (χ0v) is 16.7. The van der Waals surface area contributed by atoms with E-state index in [-0.39, 0.29) is 12.3 Å². The van der Waals surface area contributed by atoms with Crippen molar-refractivity contribution in [1.29, 1.82) is 0 Å². The summed E-state index contributed by atoms with van der Waals surface area (Å²) in [4.78, 5) is 0. The van der Waals surface area contributed by atoms with E-state index in [2.05, 4.69) is 4.72 Å². The van der Waals surface area contributed by atoms with Crippen LogP contribution in [0.1, 0.15) is 18.1 Å². The topological polar surface area (TPSA) is 66.4 Å². The summed E-state index contributed by atoms with van der Waals surface area (Å²) >= 11 is 0. The van der Waals surface area contributed by atoms with Crippen molar-refractivity contribution in [3.8, 4) is 11.1 Å². The minimum atomic E-state index is -3.48. The summed E-state index contributed by atoms with van der Waals surface area (Å²) in [5, 5.41) is 10.8. The molecule has 0 heterocycles. The molecule has 0 aliphatic heterocycles. The van der Waals surface area contributed by atoms with Crippen LogP contribution in [-0.4, -0.2) is 25.8 Å². The van der Waals surface area contributed by atoms with Crippen molar-refractivity contribution in [2.45, 2.75) is 18.9 Å². The molecule has 0 radical (unpaired) electrons. The molecule has 146 valence electrons. The van der Waals surface area contributed by atoms with E-state index in [1.54, 1.807) is 6.92 Å². The summed E-state index contributed by atoms with van der Waals surface area (Å²) in [5.74, 6) is -0.0139. The molecule has 4 nitrogen and oxygen atoms in total. The molecular weight excluding hydrogens is 370 g/mol. The molecule has 0 aliphatic carbocycles. The van der Waals surface area contributed by atoms with E-state index in [0.717, 1.165) is 16.7 Å². The van der Waals surface area contributed by atoms with Crippen molar-refractivity contribution < 1.29 is 13.5 Å². The molecule has 0 spiro atoms. The van der Waals surface area contributed by atoms with Gasteiger partial charge < -0.3 is 5.11 Å². The molecule has 2 N–H and O–H groups in total. The van der Waals surface area contributed by atoms with Gasteiger partial charge in [0, 0.05) is 6.54 Å². The quantitative estimate of drug-likeness (QED) is 0.611. The highest BCUT2D eigenvalue weighted by atomic mass is 32.2. The number of aliphatic hydroxyl groups is 1. The number of nitrogens with one attached hydrogen (secondary N) is 1. The number of sulfonamides is 1. The zero-order chi connectivity index (χ0) is 20.0. The lowest BCUT2D eigenvalue weighted by molar-refractivity contribution is 0.0628. The van der Waals surface area contributed by atoms with Gasteiger partial charge in [0.05, 0.1) is 5.75 Å². The molecular formula is C23H25NO3S. The van der Waals surface area contributed by atoms with Crippen LogP contribution in [-0.2, 0) is 22.0 Å². The predicted molar refractivity (Wildman–Crippen MR) is 113 cm³/mol. The molecule has 1 atom stereocenters. The van der Waals surface area contributed by atoms with Gasteiger partial charge in [-0.1, -0.05) is 84.9 Å². The molecule has 5 heteroatoms. The second-order valence-electron chi connectivity index (χ2n) is 7.09. The molecule has 0 fully saturated rings. The number of hydrogen-bond donors (Lipinski definition) is 2. The summed E-state index contributed by atoms with van der Waals surface area (Å²) in [5.41, 5.74) is 2.47. The van der Waals surface area contributed by atoms with Crippen LogP contribution in [0.3, 0.4) is 0 Å². The third kappa shape index (κ3) is 5.52. The smallest absolute Gasteiger partial charge is 0.212 e. The van der Waals surface area contributed by atoms with Crippen molar-refractivity contribution in [3.63, 3.8) is 0 Å². The average molecular weight is 396 g/mol. The van der Waals surface area contributed by atoms with Gasteiger partial charge in [-0.2, -0.15) is 0 Å². The summed E-state index contributed by atoms with van der Waals surface area (Å²) in [6.07, 6.45) is 0.435. The van der Waals surface area contributed by atoms with Crippen LogP contribution in [0.4, 0.5) is 0 Å². The Balaban J connectivity index is 1.61. The first kappa shape index (κ1) is 20.3. The molecule has 0 aliphatic rings. The Labute approximate surface area is 166 Å². The van der Waals surface area contributed by atoms with Gasteiger partial charge in [-0.25, -0.2) is 13.1 Å². The van der Waals surface area contributed by atoms with Crippen molar-refractivity contribution in [1.82, 2.24) is 4.72 Å². The third-order valence-corrected chi connectivity index (χ3v) is 6.08. The van der Waals surface area contributed by atoms with Crippen LogP contribution in [0.2, 0.25) is 0 Å². The van der Waals surface area contributed by atoms with E-state index < -0.39 is 15.6 Å². The van der Waals surface area contributed by atoms with Crippen molar-refractivity contribution in [3.05, 3.63) is 96.1 Å². The van der Waals surface area contributed by atoms with E-state index in [9.17, 15) is 13.5 Å². The monoisotopic (exact) mass is 395 g/mol. The van der Waals surface area contributed by atoms with E-state index in [0.29, 0.717) is 12.0 Å². The first-order chi connectivity index (χ1) is 13.4. The van der Waals surface area contributed by atoms with Gasteiger partial charge in [0.1, 0.15) is 5.60 Å². The Morgan fingerprint density at radius 1 is 0.821 bits per heavy atom. The van der Waals surface area contributed by atoms with Crippen LogP contribution in [0.15, 0.2) is 84.9 Å². The van der Waals surface area contributed by atoms with Crippen LogP contribution < -0.4 is 4.72 Å². The van der Waals surface area contributed by atoms with E-state index in [1.165, 1.54) is 0 Å². The number of rotatable bonds is 8. The Morgan fingerprint density at radius 2 is 1.36 bits per heavy atom. The number of benzene rings is 3. The van der Waals surface area contributed by atoms with Crippen molar-refractivity contribution >= 4 is 10.0 Å². The molecule has 0 saturated carbocycles. The summed E-state index contributed by atoms with van der Waals surface area (Å²) in [7, 11) is -3.48. The Morgan fingerprint density at radius 3 is 1.96 bits per heavy atom. The molecule has 3 aromatic carbocycles. The second kappa shape index (κ2) is 8.69. The maximum atomic E-state index is 12.3. The molecule has 0 unspecified atom stereocenters. The SMILES string of the molecule is C[C@](O)(CNS(=O)(=O)CCc1ccccc1)c1ccc(-c2ccccc2)cc1. The standard InChI is InChI=1S/C23H25NO3S/c1-23(25,18-24-28(26,27)17-16-19-8-4-2-5-9-19)22-14-12-21(13-15-22)20-10-6-3-7-11-20/h2-15,24-25H,16-18H2,1H3/t23-/m0/s1. The highest BCUT2D eigenvalue weighted by Crippen LogP contribution is 2.25. The van der Waals surface area contributed by atoms with Gasteiger partial charge in [0.15, 0.2) is 0 Å². The Kier molecular flexibility index (Phi) is 6.29. The third-order valence-electron chi connectivity index (χ3n) is 4.75. The van der Waals surface area contributed by atoms with Crippen molar-refractivity contribution in [2.75, 3.05) is 12.3 Å². The van der Waals surface area contributed by atoms with Gasteiger partial charge in [0.25, 0.3) is 0 Å². The fourth-order valence-corrected chi connectivity index (χ4v) is 4.12.